The van der Waals surface area contributed by atoms with Crippen molar-refractivity contribution in [3.63, 3.8) is 0 Å². The zero-order chi connectivity index (χ0) is 16.5. The molecule has 0 aliphatic carbocycles. The van der Waals surface area contributed by atoms with Crippen LogP contribution in [0.1, 0.15) is 56.6 Å². The number of benzene rings is 1. The zero-order valence-electron chi connectivity index (χ0n) is 15.2. The summed E-state index contributed by atoms with van der Waals surface area (Å²) < 4.78 is 0. The highest BCUT2D eigenvalue weighted by Gasteiger charge is 2.12. The maximum absolute atomic E-state index is 11.9. The van der Waals surface area contributed by atoms with E-state index < -0.39 is 0 Å². The molecule has 0 bridgehead atoms. The van der Waals surface area contributed by atoms with E-state index in [1.807, 2.05) is 6.92 Å². The van der Waals surface area contributed by atoms with E-state index in [2.05, 4.69) is 34.5 Å². The third-order valence-corrected chi connectivity index (χ3v) is 4.51. The van der Waals surface area contributed by atoms with E-state index in [4.69, 9.17) is 5.73 Å². The molecular weight excluding hydrogens is 357 g/mol. The van der Waals surface area contributed by atoms with Crippen molar-refractivity contribution in [3.05, 3.63) is 35.4 Å². The summed E-state index contributed by atoms with van der Waals surface area (Å²) in [5, 5.41) is 3.03. The molecule has 1 aliphatic heterocycles. The summed E-state index contributed by atoms with van der Waals surface area (Å²) >= 11 is 0. The molecule has 1 aliphatic rings. The highest BCUT2D eigenvalue weighted by atomic mass is 35.5. The van der Waals surface area contributed by atoms with Crippen LogP contribution in [-0.4, -0.2) is 29.9 Å². The van der Waals surface area contributed by atoms with Crippen LogP contribution in [0.4, 0.5) is 0 Å². The SMILES string of the molecule is CC(N)CCC(=O)NCc1ccccc1CN1CCCCCC1.Cl.Cl. The molecule has 25 heavy (non-hydrogen) atoms. The molecule has 1 atom stereocenters. The summed E-state index contributed by atoms with van der Waals surface area (Å²) in [5.41, 5.74) is 8.27. The summed E-state index contributed by atoms with van der Waals surface area (Å²) in [4.78, 5) is 14.4. The van der Waals surface area contributed by atoms with Gasteiger partial charge in [0.25, 0.3) is 0 Å². The van der Waals surface area contributed by atoms with E-state index >= 15 is 0 Å². The number of rotatable bonds is 7. The van der Waals surface area contributed by atoms with Gasteiger partial charge in [0.15, 0.2) is 0 Å². The Bertz CT molecular complexity index is 489. The average molecular weight is 390 g/mol. The number of amides is 1. The maximum Gasteiger partial charge on any atom is 0.220 e. The first-order valence-corrected chi connectivity index (χ1v) is 8.96. The lowest BCUT2D eigenvalue weighted by Crippen LogP contribution is -2.27. The van der Waals surface area contributed by atoms with E-state index in [1.54, 1.807) is 0 Å². The van der Waals surface area contributed by atoms with Gasteiger partial charge in [0.05, 0.1) is 0 Å². The standard InChI is InChI=1S/C19H31N3O.2ClH/c1-16(20)10-11-19(23)21-14-17-8-4-5-9-18(17)15-22-12-6-2-3-7-13-22;;/h4-5,8-9,16H,2-3,6-7,10-15,20H2,1H3,(H,21,23);2*1H. The van der Waals surface area contributed by atoms with E-state index in [9.17, 15) is 4.79 Å². The van der Waals surface area contributed by atoms with Gasteiger partial charge in [-0.2, -0.15) is 0 Å². The predicted octanol–water partition coefficient (Wildman–Crippen LogP) is 3.65. The number of nitrogens with two attached hydrogens (primary N) is 1. The number of carbonyl (C=O) groups is 1. The second kappa shape index (κ2) is 13.4. The summed E-state index contributed by atoms with van der Waals surface area (Å²) in [5.74, 6) is 0.0897. The Morgan fingerprint density at radius 2 is 1.72 bits per heavy atom. The summed E-state index contributed by atoms with van der Waals surface area (Å²) in [6, 6.07) is 8.54. The number of hydrogen-bond donors (Lipinski definition) is 2. The van der Waals surface area contributed by atoms with Crippen LogP contribution in [0.5, 0.6) is 0 Å². The highest BCUT2D eigenvalue weighted by molar-refractivity contribution is 5.85. The Hall–Kier alpha value is -0.810. The number of halogens is 2. The van der Waals surface area contributed by atoms with Gasteiger partial charge in [-0.25, -0.2) is 0 Å². The number of carbonyl (C=O) groups excluding carboxylic acids is 1. The Morgan fingerprint density at radius 1 is 1.12 bits per heavy atom. The molecule has 1 aromatic rings. The van der Waals surface area contributed by atoms with Crippen molar-refractivity contribution in [2.45, 2.75) is 64.6 Å². The van der Waals surface area contributed by atoms with Crippen LogP contribution in [0.3, 0.4) is 0 Å². The molecule has 1 heterocycles. The number of likely N-dealkylation sites (tertiary alicyclic amines) is 1. The molecule has 1 unspecified atom stereocenters. The van der Waals surface area contributed by atoms with Crippen molar-refractivity contribution in [1.82, 2.24) is 10.2 Å². The first-order chi connectivity index (χ1) is 11.1. The molecule has 1 aromatic carbocycles. The minimum Gasteiger partial charge on any atom is -0.352 e. The van der Waals surface area contributed by atoms with Crippen molar-refractivity contribution < 1.29 is 4.79 Å². The van der Waals surface area contributed by atoms with Gasteiger partial charge in [-0.3, -0.25) is 9.69 Å². The molecule has 2 rings (SSSR count). The van der Waals surface area contributed by atoms with Crippen molar-refractivity contribution in [1.29, 1.82) is 0 Å². The number of hydrogen-bond acceptors (Lipinski definition) is 3. The molecule has 3 N–H and O–H groups in total. The topological polar surface area (TPSA) is 58.4 Å². The predicted molar refractivity (Wildman–Crippen MR) is 109 cm³/mol. The van der Waals surface area contributed by atoms with Crippen molar-refractivity contribution in [3.8, 4) is 0 Å². The Morgan fingerprint density at radius 3 is 2.32 bits per heavy atom. The van der Waals surface area contributed by atoms with E-state index in [0.717, 1.165) is 13.0 Å². The van der Waals surface area contributed by atoms with Crippen LogP contribution in [0.2, 0.25) is 0 Å². The lowest BCUT2D eigenvalue weighted by atomic mass is 10.1. The zero-order valence-corrected chi connectivity index (χ0v) is 16.8. The van der Waals surface area contributed by atoms with Gasteiger partial charge in [-0.15, -0.1) is 24.8 Å². The van der Waals surface area contributed by atoms with Gasteiger partial charge < -0.3 is 11.1 Å². The van der Waals surface area contributed by atoms with Crippen LogP contribution in [-0.2, 0) is 17.9 Å². The van der Waals surface area contributed by atoms with Gasteiger partial charge >= 0.3 is 0 Å². The molecule has 4 nitrogen and oxygen atoms in total. The van der Waals surface area contributed by atoms with Crippen molar-refractivity contribution >= 4 is 30.7 Å². The minimum atomic E-state index is 0. The second-order valence-electron chi connectivity index (χ2n) is 6.75. The van der Waals surface area contributed by atoms with E-state index in [1.165, 1.54) is 49.9 Å². The molecule has 1 saturated heterocycles. The van der Waals surface area contributed by atoms with Gasteiger partial charge in [0, 0.05) is 25.6 Å². The molecule has 6 heteroatoms. The summed E-state index contributed by atoms with van der Waals surface area (Å²) in [6.45, 7) is 5.92. The molecule has 0 spiro atoms. The lowest BCUT2D eigenvalue weighted by Gasteiger charge is -2.21. The third-order valence-electron chi connectivity index (χ3n) is 4.51. The van der Waals surface area contributed by atoms with Gasteiger partial charge in [0.1, 0.15) is 0 Å². The molecule has 144 valence electrons. The van der Waals surface area contributed by atoms with Crippen LogP contribution in [0.15, 0.2) is 24.3 Å². The monoisotopic (exact) mass is 389 g/mol. The lowest BCUT2D eigenvalue weighted by molar-refractivity contribution is -0.121. The van der Waals surface area contributed by atoms with E-state index in [-0.39, 0.29) is 36.8 Å². The number of nitrogens with zero attached hydrogens (tertiary/aromatic N) is 1. The number of nitrogens with one attached hydrogen (secondary N) is 1. The van der Waals surface area contributed by atoms with Crippen LogP contribution < -0.4 is 11.1 Å². The fourth-order valence-corrected chi connectivity index (χ4v) is 3.06. The first kappa shape index (κ1) is 24.2. The maximum atomic E-state index is 11.9. The Labute approximate surface area is 164 Å². The first-order valence-electron chi connectivity index (χ1n) is 8.96. The Kier molecular flexibility index (Phi) is 13.0. The normalized spacial score (nSPS) is 16.1. The van der Waals surface area contributed by atoms with Gasteiger partial charge in [0.2, 0.25) is 5.91 Å². The van der Waals surface area contributed by atoms with Crippen LogP contribution >= 0.6 is 24.8 Å². The fourth-order valence-electron chi connectivity index (χ4n) is 3.06. The van der Waals surface area contributed by atoms with Crippen molar-refractivity contribution in [2.24, 2.45) is 5.73 Å². The summed E-state index contributed by atoms with van der Waals surface area (Å²) in [7, 11) is 0. The summed E-state index contributed by atoms with van der Waals surface area (Å²) in [6.07, 6.45) is 6.56. The van der Waals surface area contributed by atoms with Gasteiger partial charge in [-0.1, -0.05) is 37.1 Å². The molecular formula is C19H33Cl2N3O. The second-order valence-corrected chi connectivity index (χ2v) is 6.75. The smallest absolute Gasteiger partial charge is 0.220 e. The highest BCUT2D eigenvalue weighted by Crippen LogP contribution is 2.16. The van der Waals surface area contributed by atoms with Crippen LogP contribution in [0.25, 0.3) is 0 Å². The minimum absolute atomic E-state index is 0. The molecule has 0 aromatic heterocycles. The molecule has 1 fully saturated rings. The van der Waals surface area contributed by atoms with Crippen LogP contribution in [0, 0.1) is 0 Å². The largest absolute Gasteiger partial charge is 0.352 e. The fraction of sp³-hybridized carbons (Fsp3) is 0.632. The average Bonchev–Trinajstić information content (AvgIpc) is 2.81. The quantitative estimate of drug-likeness (QED) is 0.747. The third kappa shape index (κ3) is 9.45. The van der Waals surface area contributed by atoms with Crippen molar-refractivity contribution in [2.75, 3.05) is 13.1 Å². The van der Waals surface area contributed by atoms with Gasteiger partial charge in [-0.05, 0) is 50.4 Å². The molecule has 0 radical (unpaired) electrons. The Balaban J connectivity index is 0.00000288. The van der Waals surface area contributed by atoms with E-state index in [0.29, 0.717) is 13.0 Å². The molecule has 1 amide bonds. The molecule has 0 saturated carbocycles.